The maximum absolute atomic E-state index is 13.2. The van der Waals surface area contributed by atoms with Crippen LogP contribution in [0.4, 0.5) is 4.39 Å². The minimum absolute atomic E-state index is 0.262. The smallest absolute Gasteiger partial charge is 0.165 e. The molecule has 1 aromatic carbocycles. The summed E-state index contributed by atoms with van der Waals surface area (Å²) in [5, 5.41) is 0. The third-order valence-corrected chi connectivity index (χ3v) is 2.25. The van der Waals surface area contributed by atoms with Gasteiger partial charge in [0.25, 0.3) is 0 Å². The van der Waals surface area contributed by atoms with Gasteiger partial charge in [-0.15, -0.1) is 0 Å². The standard InChI is InChI=1S/C12H13FN2O/c13-11-3-1-2-4-12(11)16-8-9-5-10(6-14)15-7-9/h1-5,7,15H,6,8,14H2. The average molecular weight is 220 g/mol. The zero-order valence-corrected chi connectivity index (χ0v) is 8.74. The van der Waals surface area contributed by atoms with Crippen molar-refractivity contribution in [2.45, 2.75) is 13.2 Å². The SMILES string of the molecule is NCc1cc(COc2ccccc2F)c[nH]1. The molecule has 0 bridgehead atoms. The molecule has 2 rings (SSSR count). The van der Waals surface area contributed by atoms with Crippen LogP contribution in [0, 0.1) is 5.82 Å². The summed E-state index contributed by atoms with van der Waals surface area (Å²) < 4.78 is 18.6. The van der Waals surface area contributed by atoms with Gasteiger partial charge in [-0.2, -0.15) is 0 Å². The van der Waals surface area contributed by atoms with E-state index in [1.807, 2.05) is 12.3 Å². The van der Waals surface area contributed by atoms with Crippen LogP contribution in [0.1, 0.15) is 11.3 Å². The van der Waals surface area contributed by atoms with E-state index in [0.29, 0.717) is 13.2 Å². The van der Waals surface area contributed by atoms with Gasteiger partial charge < -0.3 is 15.5 Å². The fourth-order valence-corrected chi connectivity index (χ4v) is 1.42. The predicted octanol–water partition coefficient (Wildman–Crippen LogP) is 2.19. The number of ether oxygens (including phenoxy) is 1. The van der Waals surface area contributed by atoms with Gasteiger partial charge in [0.2, 0.25) is 0 Å². The van der Waals surface area contributed by atoms with Gasteiger partial charge in [-0.25, -0.2) is 4.39 Å². The molecule has 16 heavy (non-hydrogen) atoms. The summed E-state index contributed by atoms with van der Waals surface area (Å²) in [5.74, 6) is -0.0879. The van der Waals surface area contributed by atoms with Gasteiger partial charge in [-0.05, 0) is 18.2 Å². The zero-order valence-electron chi connectivity index (χ0n) is 8.74. The van der Waals surface area contributed by atoms with Crippen LogP contribution in [0.2, 0.25) is 0 Å². The first-order valence-corrected chi connectivity index (χ1v) is 5.03. The molecule has 1 heterocycles. The lowest BCUT2D eigenvalue weighted by Crippen LogP contribution is -1.96. The lowest BCUT2D eigenvalue weighted by molar-refractivity contribution is 0.290. The Bertz CT molecular complexity index is 468. The van der Waals surface area contributed by atoms with Crippen LogP contribution in [-0.4, -0.2) is 4.98 Å². The molecular weight excluding hydrogens is 207 g/mol. The van der Waals surface area contributed by atoms with Crippen LogP contribution >= 0.6 is 0 Å². The number of aromatic amines is 1. The number of hydrogen-bond donors (Lipinski definition) is 2. The Labute approximate surface area is 93.0 Å². The van der Waals surface area contributed by atoms with Crippen molar-refractivity contribution in [3.8, 4) is 5.75 Å². The lowest BCUT2D eigenvalue weighted by atomic mass is 10.3. The van der Waals surface area contributed by atoms with Gasteiger partial charge in [0.05, 0.1) is 0 Å². The second-order valence-corrected chi connectivity index (χ2v) is 3.46. The van der Waals surface area contributed by atoms with Crippen LogP contribution in [0.15, 0.2) is 36.5 Å². The molecule has 0 spiro atoms. The molecule has 0 aliphatic rings. The zero-order chi connectivity index (χ0) is 11.4. The van der Waals surface area contributed by atoms with E-state index in [4.69, 9.17) is 10.5 Å². The van der Waals surface area contributed by atoms with Crippen molar-refractivity contribution < 1.29 is 9.13 Å². The number of hydrogen-bond acceptors (Lipinski definition) is 2. The molecule has 0 amide bonds. The number of halogens is 1. The van der Waals surface area contributed by atoms with Crippen molar-refractivity contribution in [2.75, 3.05) is 0 Å². The molecule has 0 saturated carbocycles. The summed E-state index contributed by atoms with van der Waals surface area (Å²) in [7, 11) is 0. The van der Waals surface area contributed by atoms with Crippen molar-refractivity contribution >= 4 is 0 Å². The summed E-state index contributed by atoms with van der Waals surface area (Å²) in [4.78, 5) is 3.01. The molecule has 0 aliphatic heterocycles. The quantitative estimate of drug-likeness (QED) is 0.829. The summed E-state index contributed by atoms with van der Waals surface area (Å²) in [6.45, 7) is 0.789. The highest BCUT2D eigenvalue weighted by molar-refractivity contribution is 5.24. The monoisotopic (exact) mass is 220 g/mol. The molecule has 0 aliphatic carbocycles. The lowest BCUT2D eigenvalue weighted by Gasteiger charge is -2.04. The minimum atomic E-state index is -0.350. The molecule has 84 valence electrons. The first kappa shape index (κ1) is 10.7. The molecule has 3 N–H and O–H groups in total. The van der Waals surface area contributed by atoms with E-state index >= 15 is 0 Å². The van der Waals surface area contributed by atoms with Gasteiger partial charge in [0, 0.05) is 24.0 Å². The predicted molar refractivity (Wildman–Crippen MR) is 59.4 cm³/mol. The Morgan fingerprint density at radius 2 is 2.12 bits per heavy atom. The van der Waals surface area contributed by atoms with E-state index in [1.54, 1.807) is 18.2 Å². The first-order valence-electron chi connectivity index (χ1n) is 5.03. The van der Waals surface area contributed by atoms with E-state index < -0.39 is 0 Å². The number of benzene rings is 1. The second-order valence-electron chi connectivity index (χ2n) is 3.46. The van der Waals surface area contributed by atoms with E-state index in [0.717, 1.165) is 11.3 Å². The minimum Gasteiger partial charge on any atom is -0.486 e. The summed E-state index contributed by atoms with van der Waals surface area (Å²) in [6, 6.07) is 8.25. The molecular formula is C12H13FN2O. The molecule has 4 heteroatoms. The number of H-pyrrole nitrogens is 1. The molecule has 0 saturated heterocycles. The molecule has 0 unspecified atom stereocenters. The maximum Gasteiger partial charge on any atom is 0.165 e. The number of para-hydroxylation sites is 1. The van der Waals surface area contributed by atoms with Crippen LogP contribution in [-0.2, 0) is 13.2 Å². The van der Waals surface area contributed by atoms with Gasteiger partial charge in [0.1, 0.15) is 6.61 Å². The van der Waals surface area contributed by atoms with Crippen molar-refractivity contribution in [1.29, 1.82) is 0 Å². The van der Waals surface area contributed by atoms with E-state index in [-0.39, 0.29) is 11.6 Å². The van der Waals surface area contributed by atoms with Crippen molar-refractivity contribution in [3.63, 3.8) is 0 Å². The molecule has 0 fully saturated rings. The van der Waals surface area contributed by atoms with Crippen molar-refractivity contribution in [1.82, 2.24) is 4.98 Å². The third-order valence-electron chi connectivity index (χ3n) is 2.25. The molecule has 3 nitrogen and oxygen atoms in total. The van der Waals surface area contributed by atoms with E-state index in [9.17, 15) is 4.39 Å². The summed E-state index contributed by atoms with van der Waals surface area (Å²) in [5.41, 5.74) is 7.35. The van der Waals surface area contributed by atoms with Crippen LogP contribution < -0.4 is 10.5 Å². The number of aromatic nitrogens is 1. The fraction of sp³-hybridized carbons (Fsp3) is 0.167. The number of nitrogens with one attached hydrogen (secondary N) is 1. The van der Waals surface area contributed by atoms with Gasteiger partial charge in [-0.3, -0.25) is 0 Å². The maximum atomic E-state index is 13.2. The van der Waals surface area contributed by atoms with Gasteiger partial charge in [0.15, 0.2) is 11.6 Å². The van der Waals surface area contributed by atoms with Gasteiger partial charge >= 0.3 is 0 Å². The van der Waals surface area contributed by atoms with E-state index in [2.05, 4.69) is 4.98 Å². The second kappa shape index (κ2) is 4.81. The average Bonchev–Trinajstić information content (AvgIpc) is 2.76. The third kappa shape index (κ3) is 2.41. The number of nitrogens with two attached hydrogens (primary N) is 1. The molecule has 2 aromatic rings. The van der Waals surface area contributed by atoms with Crippen molar-refractivity contribution in [3.05, 3.63) is 53.6 Å². The molecule has 0 atom stereocenters. The summed E-state index contributed by atoms with van der Waals surface area (Å²) >= 11 is 0. The Balaban J connectivity index is 1.99. The van der Waals surface area contributed by atoms with Crippen LogP contribution in [0.5, 0.6) is 5.75 Å². The number of rotatable bonds is 4. The summed E-state index contributed by atoms with van der Waals surface area (Å²) in [6.07, 6.45) is 1.81. The van der Waals surface area contributed by atoms with Gasteiger partial charge in [-0.1, -0.05) is 12.1 Å². The highest BCUT2D eigenvalue weighted by Gasteiger charge is 2.03. The Morgan fingerprint density at radius 3 is 2.81 bits per heavy atom. The normalized spacial score (nSPS) is 10.4. The Kier molecular flexibility index (Phi) is 3.22. The van der Waals surface area contributed by atoms with E-state index in [1.165, 1.54) is 6.07 Å². The highest BCUT2D eigenvalue weighted by Crippen LogP contribution is 2.17. The van der Waals surface area contributed by atoms with Crippen LogP contribution in [0.3, 0.4) is 0 Å². The fourth-order valence-electron chi connectivity index (χ4n) is 1.42. The molecule has 0 radical (unpaired) electrons. The van der Waals surface area contributed by atoms with Crippen LogP contribution in [0.25, 0.3) is 0 Å². The Morgan fingerprint density at radius 1 is 1.31 bits per heavy atom. The largest absolute Gasteiger partial charge is 0.486 e. The topological polar surface area (TPSA) is 51.0 Å². The molecule has 1 aromatic heterocycles. The van der Waals surface area contributed by atoms with Crippen molar-refractivity contribution in [2.24, 2.45) is 5.73 Å². The first-order chi connectivity index (χ1) is 7.79. The Hall–Kier alpha value is -1.81. The highest BCUT2D eigenvalue weighted by atomic mass is 19.1.